The molecule has 3 aromatic heterocycles. The molecule has 3 heterocycles. The van der Waals surface area contributed by atoms with Gasteiger partial charge in [0.1, 0.15) is 24.2 Å². The lowest BCUT2D eigenvalue weighted by atomic mass is 10.3. The van der Waals surface area contributed by atoms with Crippen LogP contribution in [-0.4, -0.2) is 35.2 Å². The summed E-state index contributed by atoms with van der Waals surface area (Å²) >= 11 is 0. The Labute approximate surface area is 114 Å². The third-order valence-corrected chi connectivity index (χ3v) is 2.70. The SMILES string of the molecule is Cn1ccnc1NC(=O)c1cccc(-n2cnnc2)n1. The van der Waals surface area contributed by atoms with Gasteiger partial charge in [-0.1, -0.05) is 6.07 Å². The van der Waals surface area contributed by atoms with Gasteiger partial charge in [0.05, 0.1) is 0 Å². The predicted octanol–water partition coefficient (Wildman–Crippen LogP) is 0.648. The third kappa shape index (κ3) is 2.26. The summed E-state index contributed by atoms with van der Waals surface area (Å²) in [5.74, 6) is 0.711. The summed E-state index contributed by atoms with van der Waals surface area (Å²) in [5.41, 5.74) is 0.291. The molecule has 0 fully saturated rings. The van der Waals surface area contributed by atoms with Gasteiger partial charge in [0.2, 0.25) is 5.95 Å². The van der Waals surface area contributed by atoms with Crippen LogP contribution in [0.5, 0.6) is 0 Å². The van der Waals surface area contributed by atoms with Crippen LogP contribution in [0.2, 0.25) is 0 Å². The lowest BCUT2D eigenvalue weighted by Crippen LogP contribution is -2.17. The van der Waals surface area contributed by atoms with E-state index in [-0.39, 0.29) is 5.91 Å². The maximum Gasteiger partial charge on any atom is 0.276 e. The molecule has 0 saturated carbocycles. The first-order chi connectivity index (χ1) is 9.74. The molecule has 0 aliphatic carbocycles. The first kappa shape index (κ1) is 12.0. The Kier molecular flexibility index (Phi) is 2.96. The standard InChI is InChI=1S/C12H11N7O/c1-18-6-5-13-12(18)17-11(20)9-3-2-4-10(16-9)19-7-14-15-8-19/h2-8H,1H3,(H,13,17,20). The van der Waals surface area contributed by atoms with E-state index in [2.05, 4.69) is 25.5 Å². The molecule has 0 aromatic carbocycles. The lowest BCUT2D eigenvalue weighted by Gasteiger charge is -2.06. The highest BCUT2D eigenvalue weighted by Gasteiger charge is 2.11. The molecular formula is C12H11N7O. The quantitative estimate of drug-likeness (QED) is 0.753. The fraction of sp³-hybridized carbons (Fsp3) is 0.0833. The first-order valence-corrected chi connectivity index (χ1v) is 5.85. The van der Waals surface area contributed by atoms with Crippen molar-refractivity contribution in [2.24, 2.45) is 7.05 Å². The van der Waals surface area contributed by atoms with Crippen LogP contribution < -0.4 is 5.32 Å². The lowest BCUT2D eigenvalue weighted by molar-refractivity contribution is 0.102. The number of pyridine rings is 1. The topological polar surface area (TPSA) is 90.5 Å². The molecule has 0 radical (unpaired) electrons. The first-order valence-electron chi connectivity index (χ1n) is 5.85. The van der Waals surface area contributed by atoms with E-state index in [1.807, 2.05) is 0 Å². The van der Waals surface area contributed by atoms with Gasteiger partial charge in [-0.25, -0.2) is 9.97 Å². The Balaban J connectivity index is 1.85. The Hall–Kier alpha value is -3.03. The fourth-order valence-electron chi connectivity index (χ4n) is 1.66. The fourth-order valence-corrected chi connectivity index (χ4v) is 1.66. The van der Waals surface area contributed by atoms with Crippen LogP contribution >= 0.6 is 0 Å². The second-order valence-electron chi connectivity index (χ2n) is 4.07. The summed E-state index contributed by atoms with van der Waals surface area (Å²) in [7, 11) is 1.80. The average molecular weight is 269 g/mol. The summed E-state index contributed by atoms with van der Waals surface area (Å²) in [6.07, 6.45) is 6.39. The van der Waals surface area contributed by atoms with Crippen LogP contribution in [0.4, 0.5) is 5.95 Å². The van der Waals surface area contributed by atoms with Gasteiger partial charge in [-0.2, -0.15) is 0 Å². The number of nitrogens with zero attached hydrogens (tertiary/aromatic N) is 6. The minimum Gasteiger partial charge on any atom is -0.320 e. The van der Waals surface area contributed by atoms with Crippen molar-refractivity contribution in [1.82, 2.24) is 29.3 Å². The van der Waals surface area contributed by atoms with Crippen LogP contribution in [0.15, 0.2) is 43.2 Å². The van der Waals surface area contributed by atoms with Crippen LogP contribution in [0.3, 0.4) is 0 Å². The van der Waals surface area contributed by atoms with Gasteiger partial charge in [-0.05, 0) is 12.1 Å². The number of hydrogen-bond acceptors (Lipinski definition) is 5. The Morgan fingerprint density at radius 2 is 2.05 bits per heavy atom. The zero-order valence-corrected chi connectivity index (χ0v) is 10.6. The van der Waals surface area contributed by atoms with Crippen molar-refractivity contribution < 1.29 is 4.79 Å². The van der Waals surface area contributed by atoms with Gasteiger partial charge in [-0.3, -0.25) is 14.7 Å². The van der Waals surface area contributed by atoms with Gasteiger partial charge >= 0.3 is 0 Å². The molecule has 3 rings (SSSR count). The second kappa shape index (κ2) is 4.92. The molecule has 1 N–H and O–H groups in total. The zero-order chi connectivity index (χ0) is 13.9. The molecule has 0 atom stereocenters. The Bertz CT molecular complexity index is 732. The molecule has 0 spiro atoms. The molecule has 8 heteroatoms. The molecule has 0 aliphatic rings. The largest absolute Gasteiger partial charge is 0.320 e. The molecule has 0 aliphatic heterocycles. The number of anilines is 1. The number of hydrogen-bond donors (Lipinski definition) is 1. The van der Waals surface area contributed by atoms with E-state index < -0.39 is 0 Å². The van der Waals surface area contributed by atoms with E-state index in [9.17, 15) is 4.79 Å². The average Bonchev–Trinajstić information content (AvgIpc) is 3.12. The molecule has 100 valence electrons. The normalized spacial score (nSPS) is 10.4. The number of imidazole rings is 1. The van der Waals surface area contributed by atoms with Crippen molar-refractivity contribution in [2.75, 3.05) is 5.32 Å². The van der Waals surface area contributed by atoms with Gasteiger partial charge in [0.25, 0.3) is 5.91 Å². The van der Waals surface area contributed by atoms with Gasteiger partial charge in [0.15, 0.2) is 0 Å². The van der Waals surface area contributed by atoms with Crippen molar-refractivity contribution in [3.63, 3.8) is 0 Å². The van der Waals surface area contributed by atoms with E-state index in [1.54, 1.807) is 46.8 Å². The number of aryl methyl sites for hydroxylation is 1. The van der Waals surface area contributed by atoms with Gasteiger partial charge in [0, 0.05) is 19.4 Å². The van der Waals surface area contributed by atoms with Crippen molar-refractivity contribution in [3.05, 3.63) is 48.9 Å². The zero-order valence-electron chi connectivity index (χ0n) is 10.6. The number of carbonyl (C=O) groups is 1. The van der Waals surface area contributed by atoms with Crippen molar-refractivity contribution >= 4 is 11.9 Å². The summed E-state index contributed by atoms with van der Waals surface area (Å²) in [6, 6.07) is 5.14. The van der Waals surface area contributed by atoms with Crippen molar-refractivity contribution in [1.29, 1.82) is 0 Å². The maximum absolute atomic E-state index is 12.1. The van der Waals surface area contributed by atoms with E-state index >= 15 is 0 Å². The predicted molar refractivity (Wildman–Crippen MR) is 70.3 cm³/mol. The summed E-state index contributed by atoms with van der Waals surface area (Å²) in [6.45, 7) is 0. The Morgan fingerprint density at radius 1 is 1.25 bits per heavy atom. The smallest absolute Gasteiger partial charge is 0.276 e. The van der Waals surface area contributed by atoms with Gasteiger partial charge in [-0.15, -0.1) is 10.2 Å². The molecule has 20 heavy (non-hydrogen) atoms. The number of rotatable bonds is 3. The van der Waals surface area contributed by atoms with E-state index in [0.717, 1.165) is 0 Å². The summed E-state index contributed by atoms with van der Waals surface area (Å²) in [5, 5.41) is 10.1. The van der Waals surface area contributed by atoms with Crippen molar-refractivity contribution in [2.45, 2.75) is 0 Å². The molecule has 0 saturated heterocycles. The minimum atomic E-state index is -0.325. The van der Waals surface area contributed by atoms with Crippen LogP contribution in [0.1, 0.15) is 10.5 Å². The molecule has 3 aromatic rings. The van der Waals surface area contributed by atoms with Gasteiger partial charge < -0.3 is 4.57 Å². The highest BCUT2D eigenvalue weighted by Crippen LogP contribution is 2.07. The monoisotopic (exact) mass is 269 g/mol. The maximum atomic E-state index is 12.1. The Morgan fingerprint density at radius 3 is 2.75 bits per heavy atom. The molecule has 8 nitrogen and oxygen atoms in total. The van der Waals surface area contributed by atoms with Crippen LogP contribution in [-0.2, 0) is 7.05 Å². The molecular weight excluding hydrogens is 258 g/mol. The highest BCUT2D eigenvalue weighted by atomic mass is 16.2. The number of carbonyl (C=O) groups excluding carboxylic acids is 1. The van der Waals surface area contributed by atoms with E-state index in [4.69, 9.17) is 0 Å². The minimum absolute atomic E-state index is 0.291. The molecule has 0 unspecified atom stereocenters. The van der Waals surface area contributed by atoms with E-state index in [0.29, 0.717) is 17.5 Å². The summed E-state index contributed by atoms with van der Waals surface area (Å²) in [4.78, 5) is 20.4. The molecule has 0 bridgehead atoms. The second-order valence-corrected chi connectivity index (χ2v) is 4.07. The number of nitrogens with one attached hydrogen (secondary N) is 1. The van der Waals surface area contributed by atoms with Crippen molar-refractivity contribution in [3.8, 4) is 5.82 Å². The number of aromatic nitrogens is 6. The highest BCUT2D eigenvalue weighted by molar-refractivity contribution is 6.02. The molecule has 1 amide bonds. The van der Waals surface area contributed by atoms with Crippen LogP contribution in [0, 0.1) is 0 Å². The third-order valence-electron chi connectivity index (χ3n) is 2.70. The van der Waals surface area contributed by atoms with E-state index in [1.165, 1.54) is 12.7 Å². The number of amides is 1. The van der Waals surface area contributed by atoms with Crippen LogP contribution in [0.25, 0.3) is 5.82 Å². The summed E-state index contributed by atoms with van der Waals surface area (Å²) < 4.78 is 3.33.